The Morgan fingerprint density at radius 2 is 1.88 bits per heavy atom. The Balaban J connectivity index is 1.88. The van der Waals surface area contributed by atoms with Crippen molar-refractivity contribution in [3.05, 3.63) is 37.6 Å². The fourth-order valence-electron chi connectivity index (χ4n) is 3.01. The summed E-state index contributed by atoms with van der Waals surface area (Å²) in [6.45, 7) is 2.10. The second kappa shape index (κ2) is 7.13. The lowest BCUT2D eigenvalue weighted by molar-refractivity contribution is 0.464. The Bertz CT molecular complexity index is 902. The van der Waals surface area contributed by atoms with Gasteiger partial charge in [-0.25, -0.2) is 0 Å². The van der Waals surface area contributed by atoms with Crippen LogP contribution in [-0.4, -0.2) is 29.0 Å². The van der Waals surface area contributed by atoms with E-state index in [0.717, 1.165) is 25.7 Å². The molecule has 0 heterocycles. The Labute approximate surface area is 161 Å². The van der Waals surface area contributed by atoms with Gasteiger partial charge < -0.3 is 15.7 Å². The zero-order chi connectivity index (χ0) is 19.1. The molecule has 8 heteroatoms. The molecule has 140 valence electrons. The van der Waals surface area contributed by atoms with Crippen molar-refractivity contribution in [2.75, 3.05) is 24.7 Å². The third-order valence-electron chi connectivity index (χ3n) is 4.50. The summed E-state index contributed by atoms with van der Waals surface area (Å²) >= 11 is 7.44. The highest BCUT2D eigenvalue weighted by Crippen LogP contribution is 2.45. The van der Waals surface area contributed by atoms with E-state index >= 15 is 0 Å². The van der Waals surface area contributed by atoms with E-state index in [1.165, 1.54) is 11.9 Å². The molecule has 0 unspecified atom stereocenters. The van der Waals surface area contributed by atoms with Gasteiger partial charge in [-0.1, -0.05) is 24.9 Å². The van der Waals surface area contributed by atoms with Crippen LogP contribution in [0.25, 0.3) is 0 Å². The molecule has 2 aromatic rings. The summed E-state index contributed by atoms with van der Waals surface area (Å²) in [5, 5.41) is 17.1. The third-order valence-corrected chi connectivity index (χ3v) is 5.89. The number of phenols is 1. The van der Waals surface area contributed by atoms with Crippen molar-refractivity contribution in [2.24, 2.45) is 0 Å². The summed E-state index contributed by atoms with van der Waals surface area (Å²) in [4.78, 5) is 24.6. The Kier molecular flexibility index (Phi) is 5.23. The van der Waals surface area contributed by atoms with E-state index in [1.807, 2.05) is 14.1 Å². The van der Waals surface area contributed by atoms with E-state index in [9.17, 15) is 14.7 Å². The standard InChI is InChI=1S/C18H22ClN3O3S/c1-4-7-18(8-9-18)21-13-12(15(24)16(13)25)20-11-6-5-10(19)17(14(11)23)26-22(2)3/h5-6,20-21,23H,4,7-9H2,1-3H3. The maximum atomic E-state index is 12.1. The van der Waals surface area contributed by atoms with Crippen molar-refractivity contribution in [1.82, 2.24) is 4.31 Å². The first kappa shape index (κ1) is 19.1. The van der Waals surface area contributed by atoms with Gasteiger partial charge in [0.15, 0.2) is 5.75 Å². The normalized spacial score (nSPS) is 15.4. The van der Waals surface area contributed by atoms with E-state index in [1.54, 1.807) is 16.4 Å². The van der Waals surface area contributed by atoms with Crippen molar-refractivity contribution in [1.29, 1.82) is 0 Å². The molecule has 0 aliphatic heterocycles. The van der Waals surface area contributed by atoms with E-state index in [2.05, 4.69) is 17.6 Å². The summed E-state index contributed by atoms with van der Waals surface area (Å²) in [7, 11) is 3.67. The van der Waals surface area contributed by atoms with E-state index in [0.29, 0.717) is 21.3 Å². The number of nitrogens with zero attached hydrogens (tertiary/aromatic N) is 1. The summed E-state index contributed by atoms with van der Waals surface area (Å²) in [5.74, 6) is -0.0510. The minimum absolute atomic E-state index is 0.0510. The smallest absolute Gasteiger partial charge is 0.253 e. The summed E-state index contributed by atoms with van der Waals surface area (Å²) in [6, 6.07) is 3.24. The van der Waals surface area contributed by atoms with Gasteiger partial charge in [-0.3, -0.25) is 13.9 Å². The molecule has 0 bridgehead atoms. The highest BCUT2D eigenvalue weighted by atomic mass is 35.5. The number of rotatable bonds is 8. The Hall–Kier alpha value is -1.70. The number of nitrogens with one attached hydrogen (secondary N) is 2. The van der Waals surface area contributed by atoms with Crippen molar-refractivity contribution in [3.8, 4) is 5.75 Å². The molecule has 26 heavy (non-hydrogen) atoms. The molecule has 0 radical (unpaired) electrons. The number of aromatic hydroxyl groups is 1. The quantitative estimate of drug-likeness (QED) is 0.357. The average molecular weight is 396 g/mol. The Morgan fingerprint density at radius 3 is 2.46 bits per heavy atom. The van der Waals surface area contributed by atoms with Gasteiger partial charge in [-0.05, 0) is 57.4 Å². The maximum Gasteiger partial charge on any atom is 0.253 e. The molecule has 1 aliphatic rings. The van der Waals surface area contributed by atoms with Crippen LogP contribution in [0.3, 0.4) is 0 Å². The lowest BCUT2D eigenvalue weighted by Gasteiger charge is -2.22. The van der Waals surface area contributed by atoms with Crippen LogP contribution in [0, 0.1) is 0 Å². The molecule has 3 N–H and O–H groups in total. The van der Waals surface area contributed by atoms with Crippen LogP contribution in [0.4, 0.5) is 17.1 Å². The van der Waals surface area contributed by atoms with Crippen LogP contribution >= 0.6 is 23.5 Å². The number of phenolic OH excluding ortho intramolecular Hbond substituents is 1. The van der Waals surface area contributed by atoms with Crippen molar-refractivity contribution < 1.29 is 5.11 Å². The minimum atomic E-state index is -0.573. The summed E-state index contributed by atoms with van der Waals surface area (Å²) < 4.78 is 1.80. The predicted molar refractivity (Wildman–Crippen MR) is 108 cm³/mol. The molecule has 1 aliphatic carbocycles. The fraction of sp³-hybridized carbons (Fsp3) is 0.444. The van der Waals surface area contributed by atoms with Crippen LogP contribution in [0.15, 0.2) is 26.6 Å². The van der Waals surface area contributed by atoms with E-state index < -0.39 is 10.9 Å². The molecule has 6 nitrogen and oxygen atoms in total. The largest absolute Gasteiger partial charge is 0.505 e. The van der Waals surface area contributed by atoms with Gasteiger partial charge in [0.2, 0.25) is 0 Å². The van der Waals surface area contributed by atoms with Gasteiger partial charge in [-0.15, -0.1) is 0 Å². The molecule has 1 saturated carbocycles. The monoisotopic (exact) mass is 395 g/mol. The first-order valence-electron chi connectivity index (χ1n) is 8.53. The van der Waals surface area contributed by atoms with Crippen molar-refractivity contribution in [3.63, 3.8) is 0 Å². The molecular weight excluding hydrogens is 374 g/mol. The van der Waals surface area contributed by atoms with Gasteiger partial charge in [0.1, 0.15) is 11.4 Å². The first-order valence-corrected chi connectivity index (χ1v) is 9.68. The predicted octanol–water partition coefficient (Wildman–Crippen LogP) is 3.70. The molecule has 3 rings (SSSR count). The van der Waals surface area contributed by atoms with Gasteiger partial charge in [0.05, 0.1) is 15.6 Å². The molecule has 0 atom stereocenters. The van der Waals surface area contributed by atoms with Crippen LogP contribution in [0.2, 0.25) is 5.02 Å². The molecule has 0 saturated heterocycles. The number of benzene rings is 1. The van der Waals surface area contributed by atoms with Crippen molar-refractivity contribution in [2.45, 2.75) is 43.0 Å². The second-order valence-corrected chi connectivity index (χ2v) is 8.59. The SMILES string of the molecule is CCCC1(Nc2c(Nc3ccc(Cl)c(SN(C)C)c3O)c(=O)c2=O)CC1. The molecule has 0 amide bonds. The van der Waals surface area contributed by atoms with Gasteiger partial charge in [0, 0.05) is 5.54 Å². The number of halogens is 1. The van der Waals surface area contributed by atoms with E-state index in [-0.39, 0.29) is 17.0 Å². The molecular formula is C18H22ClN3O3S. The Morgan fingerprint density at radius 1 is 1.23 bits per heavy atom. The average Bonchev–Trinajstić information content (AvgIpc) is 3.36. The fourth-order valence-corrected chi connectivity index (χ4v) is 3.99. The number of anilines is 3. The molecule has 1 fully saturated rings. The first-order chi connectivity index (χ1) is 12.3. The van der Waals surface area contributed by atoms with Gasteiger partial charge in [-0.2, -0.15) is 0 Å². The van der Waals surface area contributed by atoms with Crippen molar-refractivity contribution >= 4 is 40.6 Å². The van der Waals surface area contributed by atoms with Crippen LogP contribution in [0.5, 0.6) is 5.75 Å². The summed E-state index contributed by atoms with van der Waals surface area (Å²) in [6.07, 6.45) is 3.96. The number of hydrogen-bond acceptors (Lipinski definition) is 7. The minimum Gasteiger partial charge on any atom is -0.505 e. The zero-order valence-corrected chi connectivity index (χ0v) is 16.6. The topological polar surface area (TPSA) is 81.7 Å². The van der Waals surface area contributed by atoms with Crippen LogP contribution in [-0.2, 0) is 0 Å². The molecule has 2 aromatic carbocycles. The number of hydrogen-bond donors (Lipinski definition) is 3. The lowest BCUT2D eigenvalue weighted by Crippen LogP contribution is -2.39. The maximum absolute atomic E-state index is 12.1. The third kappa shape index (κ3) is 3.56. The second-order valence-electron chi connectivity index (χ2n) is 6.86. The summed E-state index contributed by atoms with van der Waals surface area (Å²) in [5.41, 5.74) is -0.286. The zero-order valence-electron chi connectivity index (χ0n) is 15.0. The highest BCUT2D eigenvalue weighted by molar-refractivity contribution is 7.97. The highest BCUT2D eigenvalue weighted by Gasteiger charge is 2.43. The van der Waals surface area contributed by atoms with E-state index in [4.69, 9.17) is 11.6 Å². The van der Waals surface area contributed by atoms with Crippen LogP contribution in [0.1, 0.15) is 32.6 Å². The van der Waals surface area contributed by atoms with Gasteiger partial charge in [0.25, 0.3) is 10.9 Å². The molecule has 0 spiro atoms. The van der Waals surface area contributed by atoms with Crippen LogP contribution < -0.4 is 21.5 Å². The molecule has 0 aromatic heterocycles. The lowest BCUT2D eigenvalue weighted by atomic mass is 10.1. The van der Waals surface area contributed by atoms with Gasteiger partial charge >= 0.3 is 0 Å².